The first kappa shape index (κ1) is 16.1. The van der Waals surface area contributed by atoms with Gasteiger partial charge >= 0.3 is 0 Å². The van der Waals surface area contributed by atoms with Gasteiger partial charge in [0.05, 0.1) is 17.1 Å². The van der Waals surface area contributed by atoms with Gasteiger partial charge in [-0.05, 0) is 38.3 Å². The Labute approximate surface area is 151 Å². The molecule has 0 amide bonds. The molecule has 1 atom stereocenters. The lowest BCUT2D eigenvalue weighted by Gasteiger charge is -2.14. The van der Waals surface area contributed by atoms with E-state index in [0.29, 0.717) is 5.82 Å². The summed E-state index contributed by atoms with van der Waals surface area (Å²) in [4.78, 5) is 10.4. The van der Waals surface area contributed by atoms with E-state index in [1.54, 1.807) is 11.8 Å². The van der Waals surface area contributed by atoms with Gasteiger partial charge < -0.3 is 5.11 Å². The first-order valence-corrected chi connectivity index (χ1v) is 9.38. The van der Waals surface area contributed by atoms with E-state index in [2.05, 4.69) is 34.4 Å². The van der Waals surface area contributed by atoms with Crippen LogP contribution in [0.3, 0.4) is 0 Å². The number of benzene rings is 2. The molecule has 25 heavy (non-hydrogen) atoms. The Bertz CT molecular complexity index is 976. The molecule has 1 aliphatic heterocycles. The van der Waals surface area contributed by atoms with E-state index in [9.17, 15) is 5.11 Å². The first-order chi connectivity index (χ1) is 12.1. The molecule has 1 aromatic heterocycles. The summed E-state index contributed by atoms with van der Waals surface area (Å²) in [6.07, 6.45) is 1.07. The van der Waals surface area contributed by atoms with Gasteiger partial charge in [-0.3, -0.25) is 4.57 Å². The number of hydrogen-bond acceptors (Lipinski definition) is 4. The van der Waals surface area contributed by atoms with Gasteiger partial charge in [0.25, 0.3) is 0 Å². The van der Waals surface area contributed by atoms with Crippen molar-refractivity contribution in [2.24, 2.45) is 4.99 Å². The van der Waals surface area contributed by atoms with Crippen molar-refractivity contribution in [1.29, 1.82) is 0 Å². The standard InChI is InChI=1S/C20H19N3OS/c1-12-13(2)23-17-10-9-15(25-3)11-16(17)18(14-7-5-4-6-8-14)22-20(24)19(23)21-12/h4-11,20,24H,1-3H3. The van der Waals surface area contributed by atoms with Gasteiger partial charge in [-0.1, -0.05) is 30.3 Å². The largest absolute Gasteiger partial charge is 0.365 e. The SMILES string of the molecule is CSc1ccc2c(c1)C(c1ccccc1)=NC(O)c1nc(C)c(C)n1-2. The molecule has 1 unspecified atom stereocenters. The molecule has 5 heteroatoms. The van der Waals surface area contributed by atoms with Gasteiger partial charge in [-0.25, -0.2) is 9.98 Å². The highest BCUT2D eigenvalue weighted by atomic mass is 32.2. The lowest BCUT2D eigenvalue weighted by molar-refractivity contribution is 0.177. The maximum Gasteiger partial charge on any atom is 0.205 e. The second-order valence-corrected chi connectivity index (χ2v) is 6.96. The minimum Gasteiger partial charge on any atom is -0.365 e. The summed E-state index contributed by atoms with van der Waals surface area (Å²) in [5, 5.41) is 10.7. The average molecular weight is 349 g/mol. The third kappa shape index (κ3) is 2.60. The highest BCUT2D eigenvalue weighted by Crippen LogP contribution is 2.33. The summed E-state index contributed by atoms with van der Waals surface area (Å²) >= 11 is 1.69. The van der Waals surface area contributed by atoms with Crippen LogP contribution in [-0.2, 0) is 0 Å². The summed E-state index contributed by atoms with van der Waals surface area (Å²) in [5.74, 6) is 0.569. The van der Waals surface area contributed by atoms with Crippen molar-refractivity contribution in [2.75, 3.05) is 6.26 Å². The van der Waals surface area contributed by atoms with Crippen LogP contribution in [0.15, 0.2) is 58.4 Å². The van der Waals surface area contributed by atoms with Crippen molar-refractivity contribution < 1.29 is 5.11 Å². The Kier molecular flexibility index (Phi) is 3.98. The average Bonchev–Trinajstić information content (AvgIpc) is 2.88. The van der Waals surface area contributed by atoms with Gasteiger partial charge in [0.1, 0.15) is 0 Å². The van der Waals surface area contributed by atoms with Crippen molar-refractivity contribution in [3.05, 3.63) is 76.9 Å². The van der Waals surface area contributed by atoms with E-state index >= 15 is 0 Å². The quantitative estimate of drug-likeness (QED) is 0.710. The van der Waals surface area contributed by atoms with Gasteiger partial charge in [0.2, 0.25) is 6.23 Å². The van der Waals surface area contributed by atoms with Crippen molar-refractivity contribution in [3.63, 3.8) is 0 Å². The van der Waals surface area contributed by atoms with Crippen molar-refractivity contribution in [3.8, 4) is 5.69 Å². The predicted octanol–water partition coefficient (Wildman–Crippen LogP) is 4.05. The van der Waals surface area contributed by atoms with Crippen molar-refractivity contribution >= 4 is 17.5 Å². The molecule has 1 aliphatic rings. The normalized spacial score (nSPS) is 16.0. The first-order valence-electron chi connectivity index (χ1n) is 8.16. The van der Waals surface area contributed by atoms with Crippen LogP contribution in [-0.4, -0.2) is 26.6 Å². The predicted molar refractivity (Wildman–Crippen MR) is 102 cm³/mol. The van der Waals surface area contributed by atoms with Gasteiger partial charge in [-0.15, -0.1) is 11.8 Å². The molecule has 4 rings (SSSR count). The topological polar surface area (TPSA) is 50.4 Å². The molecule has 0 saturated heterocycles. The van der Waals surface area contributed by atoms with Crippen LogP contribution >= 0.6 is 11.8 Å². The Hall–Kier alpha value is -2.37. The maximum atomic E-state index is 10.7. The van der Waals surface area contributed by atoms with Crippen molar-refractivity contribution in [2.45, 2.75) is 25.0 Å². The van der Waals surface area contributed by atoms with Gasteiger partial charge in [0.15, 0.2) is 5.82 Å². The number of nitrogens with zero attached hydrogens (tertiary/aromatic N) is 3. The van der Waals surface area contributed by atoms with E-state index in [0.717, 1.165) is 38.8 Å². The molecule has 0 aliphatic carbocycles. The zero-order chi connectivity index (χ0) is 17.6. The highest BCUT2D eigenvalue weighted by molar-refractivity contribution is 7.98. The van der Waals surface area contributed by atoms with Gasteiger partial charge in [0, 0.05) is 21.7 Å². The van der Waals surface area contributed by atoms with Crippen LogP contribution in [0, 0.1) is 13.8 Å². The highest BCUT2D eigenvalue weighted by Gasteiger charge is 2.27. The van der Waals surface area contributed by atoms with Gasteiger partial charge in [-0.2, -0.15) is 0 Å². The second-order valence-electron chi connectivity index (χ2n) is 6.08. The maximum absolute atomic E-state index is 10.7. The molecule has 126 valence electrons. The minimum atomic E-state index is -0.993. The van der Waals surface area contributed by atoms with Crippen LogP contribution < -0.4 is 0 Å². The summed E-state index contributed by atoms with van der Waals surface area (Å²) in [5.41, 5.74) is 5.73. The van der Waals surface area contributed by atoms with E-state index < -0.39 is 6.23 Å². The Balaban J connectivity index is 2.06. The number of imidazole rings is 1. The van der Waals surface area contributed by atoms with E-state index in [1.807, 2.05) is 48.7 Å². The molecule has 4 nitrogen and oxygen atoms in total. The number of fused-ring (bicyclic) bond motifs is 3. The number of hydrogen-bond donors (Lipinski definition) is 1. The number of rotatable bonds is 2. The Morgan fingerprint density at radius 3 is 2.56 bits per heavy atom. The molecule has 0 spiro atoms. The van der Waals surface area contributed by atoms with Crippen LogP contribution in [0.5, 0.6) is 0 Å². The second kappa shape index (κ2) is 6.17. The smallest absolute Gasteiger partial charge is 0.205 e. The fourth-order valence-corrected chi connectivity index (χ4v) is 3.66. The van der Waals surface area contributed by atoms with Crippen LogP contribution in [0.1, 0.15) is 34.6 Å². The zero-order valence-electron chi connectivity index (χ0n) is 14.4. The Morgan fingerprint density at radius 2 is 1.84 bits per heavy atom. The molecule has 2 heterocycles. The van der Waals surface area contributed by atoms with E-state index in [1.165, 1.54) is 0 Å². The number of aliphatic hydroxyl groups excluding tert-OH is 1. The third-order valence-corrected chi connectivity index (χ3v) is 5.33. The number of thioether (sulfide) groups is 1. The van der Waals surface area contributed by atoms with Crippen LogP contribution in [0.25, 0.3) is 5.69 Å². The number of aliphatic imine (C=N–C) groups is 1. The third-order valence-electron chi connectivity index (χ3n) is 4.60. The minimum absolute atomic E-state index is 0.569. The zero-order valence-corrected chi connectivity index (χ0v) is 15.2. The summed E-state index contributed by atoms with van der Waals surface area (Å²) in [7, 11) is 0. The fourth-order valence-electron chi connectivity index (χ4n) is 3.22. The Morgan fingerprint density at radius 1 is 1.08 bits per heavy atom. The van der Waals surface area contributed by atoms with E-state index in [4.69, 9.17) is 0 Å². The van der Waals surface area contributed by atoms with Crippen molar-refractivity contribution in [1.82, 2.24) is 9.55 Å². The van der Waals surface area contributed by atoms with Crippen LogP contribution in [0.2, 0.25) is 0 Å². The number of aromatic nitrogens is 2. The van der Waals surface area contributed by atoms with Crippen LogP contribution in [0.4, 0.5) is 0 Å². The molecule has 3 aromatic rings. The molecular formula is C20H19N3OS. The lowest BCUT2D eigenvalue weighted by Crippen LogP contribution is -2.08. The molecule has 0 bridgehead atoms. The molecule has 0 radical (unpaired) electrons. The molecule has 0 fully saturated rings. The molecule has 0 saturated carbocycles. The lowest BCUT2D eigenvalue weighted by atomic mass is 10.0. The summed E-state index contributed by atoms with van der Waals surface area (Å²) < 4.78 is 2.03. The molecule has 1 N–H and O–H groups in total. The number of aliphatic hydroxyl groups is 1. The monoisotopic (exact) mass is 349 g/mol. The number of aryl methyl sites for hydroxylation is 1. The summed E-state index contributed by atoms with van der Waals surface area (Å²) in [6.45, 7) is 3.99. The van der Waals surface area contributed by atoms with E-state index in [-0.39, 0.29) is 0 Å². The fraction of sp³-hybridized carbons (Fsp3) is 0.200. The molecular weight excluding hydrogens is 330 g/mol. The summed E-state index contributed by atoms with van der Waals surface area (Å²) in [6, 6.07) is 16.3. The molecule has 2 aromatic carbocycles.